The lowest BCUT2D eigenvalue weighted by molar-refractivity contribution is -0.245. The highest BCUT2D eigenvalue weighted by Crippen LogP contribution is 2.60. The van der Waals surface area contributed by atoms with E-state index in [1.807, 2.05) is 40.7 Å². The Morgan fingerprint density at radius 2 is 1.81 bits per heavy atom. The van der Waals surface area contributed by atoms with Gasteiger partial charge in [0.2, 0.25) is 11.6 Å². The standard InChI is InChI=1S/C34H50O8/c1-11-18(3)29(40-21(6)35)20(5)26-28(37)30-22(27(36)31(26)39-19(4)12-2)17-23-33(9)15-13-24(32(7,8)38)41-25(33)14-16-34(23,10)42-30/h11,19-20,23-25,29,38H,12-17H2,1-10H3/b18-11+/t19?,20-,23+,24+,25+,29+,33+,34+/m0/s1. The lowest BCUT2D eigenvalue weighted by atomic mass is 9.53. The summed E-state index contributed by atoms with van der Waals surface area (Å²) in [4.78, 5) is 40.8. The van der Waals surface area contributed by atoms with Crippen LogP contribution in [0.2, 0.25) is 0 Å². The number of carbonyl (C=O) groups is 3. The Balaban J connectivity index is 1.76. The van der Waals surface area contributed by atoms with Gasteiger partial charge in [0.25, 0.3) is 0 Å². The van der Waals surface area contributed by atoms with E-state index in [2.05, 4.69) is 6.92 Å². The fraction of sp³-hybridized carbons (Fsp3) is 0.735. The van der Waals surface area contributed by atoms with Crippen LogP contribution in [0.4, 0.5) is 0 Å². The summed E-state index contributed by atoms with van der Waals surface area (Å²) in [5.74, 6) is -1.73. The minimum absolute atomic E-state index is 0.0355. The Morgan fingerprint density at radius 3 is 2.38 bits per heavy atom. The van der Waals surface area contributed by atoms with Crippen molar-refractivity contribution >= 4 is 17.5 Å². The van der Waals surface area contributed by atoms with Crippen LogP contribution >= 0.6 is 0 Å². The Morgan fingerprint density at radius 1 is 1.14 bits per heavy atom. The van der Waals surface area contributed by atoms with Crippen LogP contribution in [0.3, 0.4) is 0 Å². The third-order valence-electron chi connectivity index (χ3n) is 10.4. The third-order valence-corrected chi connectivity index (χ3v) is 10.4. The van der Waals surface area contributed by atoms with Crippen molar-refractivity contribution in [2.45, 2.75) is 143 Å². The van der Waals surface area contributed by atoms with E-state index in [4.69, 9.17) is 18.9 Å². The van der Waals surface area contributed by atoms with E-state index < -0.39 is 29.2 Å². The van der Waals surface area contributed by atoms with Crippen LogP contribution in [0.5, 0.6) is 0 Å². The SMILES string of the molecule is C/C=C(\C)[C@@H](OC(C)=O)[C@@H](C)C1=C(OC(C)CC)C(=O)C2=C(O[C@]3(C)CC[C@H]4O[C@@H](C(C)(C)O)CC[C@]4(C)[C@H]3C2)C1=O. The first-order chi connectivity index (χ1) is 19.5. The second-order valence-corrected chi connectivity index (χ2v) is 13.9. The van der Waals surface area contributed by atoms with E-state index in [0.29, 0.717) is 31.3 Å². The molecule has 1 unspecified atom stereocenters. The Hall–Kier alpha value is -2.45. The number of ketones is 2. The molecule has 2 aliphatic carbocycles. The van der Waals surface area contributed by atoms with Gasteiger partial charge in [-0.25, -0.2) is 0 Å². The number of rotatable bonds is 8. The molecule has 0 aromatic rings. The average Bonchev–Trinajstić information content (AvgIpc) is 2.92. The molecule has 2 fully saturated rings. The molecule has 0 amide bonds. The third kappa shape index (κ3) is 5.61. The fourth-order valence-electron chi connectivity index (χ4n) is 7.56. The average molecular weight is 587 g/mol. The molecule has 1 N–H and O–H groups in total. The zero-order valence-corrected chi connectivity index (χ0v) is 27.1. The van der Waals surface area contributed by atoms with Gasteiger partial charge in [-0.1, -0.05) is 26.8 Å². The first kappa shape index (κ1) is 32.5. The zero-order chi connectivity index (χ0) is 31.4. The normalized spacial score (nSPS) is 34.1. The smallest absolute Gasteiger partial charge is 0.303 e. The summed E-state index contributed by atoms with van der Waals surface area (Å²) < 4.78 is 25.1. The first-order valence-corrected chi connectivity index (χ1v) is 15.6. The Labute approximate surface area is 250 Å². The molecule has 42 heavy (non-hydrogen) atoms. The fourth-order valence-corrected chi connectivity index (χ4v) is 7.56. The van der Waals surface area contributed by atoms with E-state index >= 15 is 0 Å². The molecule has 8 nitrogen and oxygen atoms in total. The second kappa shape index (κ2) is 11.6. The maximum absolute atomic E-state index is 14.4. The molecule has 8 heteroatoms. The summed E-state index contributed by atoms with van der Waals surface area (Å²) >= 11 is 0. The molecular formula is C34H50O8. The maximum atomic E-state index is 14.4. The van der Waals surface area contributed by atoms with Gasteiger partial charge in [-0.05, 0) is 85.6 Å². The molecule has 4 rings (SSSR count). The highest BCUT2D eigenvalue weighted by atomic mass is 16.5. The van der Waals surface area contributed by atoms with E-state index in [1.54, 1.807) is 20.8 Å². The van der Waals surface area contributed by atoms with Crippen molar-refractivity contribution in [3.63, 3.8) is 0 Å². The van der Waals surface area contributed by atoms with Crippen LogP contribution in [0, 0.1) is 17.3 Å². The largest absolute Gasteiger partial charge is 0.486 e. The molecule has 0 aromatic heterocycles. The lowest BCUT2D eigenvalue weighted by Crippen LogP contribution is -2.62. The second-order valence-electron chi connectivity index (χ2n) is 13.9. The zero-order valence-electron chi connectivity index (χ0n) is 27.1. The number of hydrogen-bond donors (Lipinski definition) is 1. The van der Waals surface area contributed by atoms with Gasteiger partial charge in [0, 0.05) is 29.7 Å². The Kier molecular flexibility index (Phi) is 8.94. The number of aliphatic hydroxyl groups is 1. The molecule has 0 aromatic carbocycles. The summed E-state index contributed by atoms with van der Waals surface area (Å²) in [6.07, 6.45) is 4.42. The van der Waals surface area contributed by atoms with E-state index in [-0.39, 0.29) is 58.3 Å². The van der Waals surface area contributed by atoms with Gasteiger partial charge in [0.05, 0.1) is 29.5 Å². The topological polar surface area (TPSA) is 108 Å². The van der Waals surface area contributed by atoms with Crippen LogP contribution in [-0.2, 0) is 33.3 Å². The van der Waals surface area contributed by atoms with Gasteiger partial charge >= 0.3 is 5.97 Å². The molecule has 2 aliphatic heterocycles. The molecular weight excluding hydrogens is 536 g/mol. The monoisotopic (exact) mass is 586 g/mol. The number of ether oxygens (including phenoxy) is 4. The van der Waals surface area contributed by atoms with Crippen molar-refractivity contribution in [3.8, 4) is 0 Å². The summed E-state index contributed by atoms with van der Waals surface area (Å²) in [6.45, 7) is 18.5. The van der Waals surface area contributed by atoms with Crippen molar-refractivity contribution in [2.75, 3.05) is 0 Å². The first-order valence-electron chi connectivity index (χ1n) is 15.6. The number of carbonyl (C=O) groups excluding carboxylic acids is 3. The molecule has 1 saturated carbocycles. The molecule has 0 bridgehead atoms. The van der Waals surface area contributed by atoms with Crippen LogP contribution in [0.1, 0.15) is 108 Å². The number of esters is 1. The van der Waals surface area contributed by atoms with E-state index in [1.165, 1.54) is 6.92 Å². The Bertz CT molecular complexity index is 1220. The van der Waals surface area contributed by atoms with Gasteiger partial charge in [-0.2, -0.15) is 0 Å². The van der Waals surface area contributed by atoms with Gasteiger partial charge in [0.15, 0.2) is 11.5 Å². The van der Waals surface area contributed by atoms with Crippen LogP contribution in [0.25, 0.3) is 0 Å². The molecule has 4 aliphatic rings. The predicted molar refractivity (Wildman–Crippen MR) is 158 cm³/mol. The summed E-state index contributed by atoms with van der Waals surface area (Å²) in [6, 6.07) is 0. The van der Waals surface area contributed by atoms with Crippen molar-refractivity contribution in [3.05, 3.63) is 34.3 Å². The minimum atomic E-state index is -0.942. The summed E-state index contributed by atoms with van der Waals surface area (Å²) in [5, 5.41) is 10.7. The quantitative estimate of drug-likeness (QED) is 0.213. The minimum Gasteiger partial charge on any atom is -0.486 e. The number of Topliss-reactive ketones (excluding diaryl/α,β-unsaturated/α-hetero) is 2. The summed E-state index contributed by atoms with van der Waals surface area (Å²) in [7, 11) is 0. The highest BCUT2D eigenvalue weighted by molar-refractivity contribution is 6.24. The van der Waals surface area contributed by atoms with Gasteiger partial charge in [-0.3, -0.25) is 14.4 Å². The van der Waals surface area contributed by atoms with Crippen molar-refractivity contribution in [1.82, 2.24) is 0 Å². The molecule has 0 spiro atoms. The molecule has 1 saturated heterocycles. The number of hydrogen-bond acceptors (Lipinski definition) is 8. The van der Waals surface area contributed by atoms with Gasteiger partial charge in [0.1, 0.15) is 11.7 Å². The lowest BCUT2D eigenvalue weighted by Gasteiger charge is -2.60. The molecule has 2 heterocycles. The van der Waals surface area contributed by atoms with Crippen molar-refractivity contribution in [1.29, 1.82) is 0 Å². The van der Waals surface area contributed by atoms with E-state index in [0.717, 1.165) is 18.4 Å². The van der Waals surface area contributed by atoms with E-state index in [9.17, 15) is 19.5 Å². The number of allylic oxidation sites excluding steroid dienone is 3. The van der Waals surface area contributed by atoms with Gasteiger partial charge in [-0.15, -0.1) is 0 Å². The van der Waals surface area contributed by atoms with Crippen LogP contribution in [-0.4, -0.2) is 58.3 Å². The number of fused-ring (bicyclic) bond motifs is 3. The molecule has 8 atom stereocenters. The summed E-state index contributed by atoms with van der Waals surface area (Å²) in [5.41, 5.74) is -0.574. The van der Waals surface area contributed by atoms with Gasteiger partial charge < -0.3 is 24.1 Å². The predicted octanol–water partition coefficient (Wildman–Crippen LogP) is 5.91. The van der Waals surface area contributed by atoms with Crippen molar-refractivity contribution < 1.29 is 38.4 Å². The highest BCUT2D eigenvalue weighted by Gasteiger charge is 2.62. The van der Waals surface area contributed by atoms with Crippen molar-refractivity contribution in [2.24, 2.45) is 17.3 Å². The van der Waals surface area contributed by atoms with Crippen LogP contribution < -0.4 is 0 Å². The molecule has 234 valence electrons. The molecule has 0 radical (unpaired) electrons. The van der Waals surface area contributed by atoms with Crippen LogP contribution in [0.15, 0.2) is 34.3 Å². The maximum Gasteiger partial charge on any atom is 0.303 e.